The summed E-state index contributed by atoms with van der Waals surface area (Å²) in [7, 11) is -3.51. The molecule has 1 aliphatic rings. The monoisotopic (exact) mass is 304 g/mol. The van der Waals surface area contributed by atoms with E-state index in [2.05, 4.69) is 5.32 Å². The van der Waals surface area contributed by atoms with Gasteiger partial charge in [0.25, 0.3) is 5.91 Å². The number of anilines is 2. The van der Waals surface area contributed by atoms with E-state index in [1.807, 2.05) is 4.90 Å². The lowest BCUT2D eigenvalue weighted by Gasteiger charge is -2.28. The van der Waals surface area contributed by atoms with Crippen molar-refractivity contribution in [2.24, 2.45) is 5.73 Å². The molecule has 0 atom stereocenters. The molecule has 0 bridgehead atoms. The standard InChI is InChI=1S/C10H16N4O3S2/c1-19(16,17)8-6(11)7(9(12)15)18-10(8)14-4-2-13-3-5-14/h13H,2-5,11H2,1H3,(H2,12,15). The highest BCUT2D eigenvalue weighted by Gasteiger charge is 2.29. The quantitative estimate of drug-likeness (QED) is 0.675. The lowest BCUT2D eigenvalue weighted by Crippen LogP contribution is -2.43. The fourth-order valence-corrected chi connectivity index (χ4v) is 4.65. The highest BCUT2D eigenvalue weighted by atomic mass is 32.2. The Morgan fingerprint density at radius 1 is 1.37 bits per heavy atom. The zero-order valence-corrected chi connectivity index (χ0v) is 12.1. The van der Waals surface area contributed by atoms with Crippen molar-refractivity contribution in [1.82, 2.24) is 5.32 Å². The third-order valence-electron chi connectivity index (χ3n) is 2.88. The van der Waals surface area contributed by atoms with Gasteiger partial charge in [0.05, 0.1) is 5.69 Å². The molecule has 0 saturated carbocycles. The van der Waals surface area contributed by atoms with Gasteiger partial charge in [0.1, 0.15) is 14.8 Å². The first-order chi connectivity index (χ1) is 8.82. The van der Waals surface area contributed by atoms with Crippen LogP contribution in [-0.4, -0.2) is 46.8 Å². The molecule has 9 heteroatoms. The molecular weight excluding hydrogens is 288 g/mol. The average Bonchev–Trinajstić information content (AvgIpc) is 2.68. The molecule has 0 spiro atoms. The lowest BCUT2D eigenvalue weighted by molar-refractivity contribution is 0.100. The van der Waals surface area contributed by atoms with Gasteiger partial charge in [-0.05, 0) is 0 Å². The zero-order chi connectivity index (χ0) is 14.2. The minimum Gasteiger partial charge on any atom is -0.396 e. The number of nitrogens with one attached hydrogen (secondary N) is 1. The molecule has 19 heavy (non-hydrogen) atoms. The molecule has 7 nitrogen and oxygen atoms in total. The van der Waals surface area contributed by atoms with Gasteiger partial charge >= 0.3 is 0 Å². The minimum absolute atomic E-state index is 0.0215. The van der Waals surface area contributed by atoms with Crippen molar-refractivity contribution in [3.05, 3.63) is 4.88 Å². The minimum atomic E-state index is -3.51. The highest BCUT2D eigenvalue weighted by Crippen LogP contribution is 2.41. The topological polar surface area (TPSA) is 119 Å². The first-order valence-electron chi connectivity index (χ1n) is 5.70. The molecular formula is C10H16N4O3S2. The number of hydrogen-bond donors (Lipinski definition) is 3. The first-order valence-corrected chi connectivity index (χ1v) is 8.41. The first kappa shape index (κ1) is 14.1. The number of piperazine rings is 1. The van der Waals surface area contributed by atoms with Crippen LogP contribution in [0.2, 0.25) is 0 Å². The maximum Gasteiger partial charge on any atom is 0.261 e. The third kappa shape index (κ3) is 2.67. The van der Waals surface area contributed by atoms with Gasteiger partial charge < -0.3 is 21.7 Å². The SMILES string of the molecule is CS(=O)(=O)c1c(N2CCNCC2)sc(C(N)=O)c1N. The van der Waals surface area contributed by atoms with Crippen LogP contribution in [0.5, 0.6) is 0 Å². The molecule has 1 aliphatic heterocycles. The largest absolute Gasteiger partial charge is 0.396 e. The number of nitrogen functional groups attached to an aromatic ring is 1. The Hall–Kier alpha value is -1.32. The summed E-state index contributed by atoms with van der Waals surface area (Å²) >= 11 is 1.05. The van der Waals surface area contributed by atoms with E-state index in [1.165, 1.54) is 0 Å². The number of nitrogens with zero attached hydrogens (tertiary/aromatic N) is 1. The molecule has 2 rings (SSSR count). The van der Waals surface area contributed by atoms with E-state index in [9.17, 15) is 13.2 Å². The van der Waals surface area contributed by atoms with Crippen molar-refractivity contribution >= 4 is 37.8 Å². The van der Waals surface area contributed by atoms with E-state index in [0.717, 1.165) is 30.7 Å². The number of carbonyl (C=O) groups is 1. The van der Waals surface area contributed by atoms with Crippen molar-refractivity contribution in [1.29, 1.82) is 0 Å². The molecule has 0 aromatic carbocycles. The Morgan fingerprint density at radius 2 is 1.95 bits per heavy atom. The number of rotatable bonds is 3. The van der Waals surface area contributed by atoms with Crippen LogP contribution in [0.3, 0.4) is 0 Å². The maximum atomic E-state index is 11.9. The second kappa shape index (κ2) is 4.99. The van der Waals surface area contributed by atoms with Gasteiger partial charge in [-0.2, -0.15) is 0 Å². The number of carbonyl (C=O) groups excluding carboxylic acids is 1. The van der Waals surface area contributed by atoms with Gasteiger partial charge in [0.2, 0.25) is 0 Å². The summed E-state index contributed by atoms with van der Waals surface area (Å²) in [5.41, 5.74) is 11.0. The summed E-state index contributed by atoms with van der Waals surface area (Å²) in [6.07, 6.45) is 1.09. The second-order valence-electron chi connectivity index (χ2n) is 4.35. The summed E-state index contributed by atoms with van der Waals surface area (Å²) in [5, 5.41) is 3.69. The molecule has 1 aromatic heterocycles. The summed E-state index contributed by atoms with van der Waals surface area (Å²) < 4.78 is 23.8. The van der Waals surface area contributed by atoms with Gasteiger partial charge in [0.15, 0.2) is 9.84 Å². The van der Waals surface area contributed by atoms with Crippen LogP contribution in [0.1, 0.15) is 9.67 Å². The predicted molar refractivity (Wildman–Crippen MR) is 75.4 cm³/mol. The number of amides is 1. The summed E-state index contributed by atoms with van der Waals surface area (Å²) in [4.78, 5) is 13.4. The molecule has 0 unspecified atom stereocenters. The molecule has 0 aliphatic carbocycles. The molecule has 0 radical (unpaired) electrons. The van der Waals surface area contributed by atoms with Crippen LogP contribution in [-0.2, 0) is 9.84 Å². The molecule has 1 fully saturated rings. The maximum absolute atomic E-state index is 11.9. The predicted octanol–water partition coefficient (Wildman–Crippen LogP) is -0.758. The van der Waals surface area contributed by atoms with Crippen molar-refractivity contribution in [2.45, 2.75) is 4.90 Å². The van der Waals surface area contributed by atoms with Gasteiger partial charge in [-0.3, -0.25) is 4.79 Å². The summed E-state index contributed by atoms with van der Waals surface area (Å²) in [6.45, 7) is 2.85. The number of thiophene rings is 1. The van der Waals surface area contributed by atoms with Crippen molar-refractivity contribution in [3.8, 4) is 0 Å². The molecule has 1 aromatic rings. The number of sulfone groups is 1. The number of primary amides is 1. The van der Waals surface area contributed by atoms with Gasteiger partial charge in [-0.25, -0.2) is 8.42 Å². The fourth-order valence-electron chi connectivity index (χ4n) is 2.03. The Labute approximate surface area is 115 Å². The third-order valence-corrected chi connectivity index (χ3v) is 5.45. The van der Waals surface area contributed by atoms with Crippen molar-refractivity contribution in [2.75, 3.05) is 43.1 Å². The smallest absolute Gasteiger partial charge is 0.261 e. The van der Waals surface area contributed by atoms with E-state index in [0.29, 0.717) is 18.1 Å². The van der Waals surface area contributed by atoms with Crippen LogP contribution in [0.4, 0.5) is 10.7 Å². The van der Waals surface area contributed by atoms with Crippen LogP contribution in [0.15, 0.2) is 4.90 Å². The second-order valence-corrected chi connectivity index (χ2v) is 7.30. The Balaban J connectivity index is 2.58. The molecule has 1 amide bonds. The number of hydrogen-bond acceptors (Lipinski definition) is 7. The van der Waals surface area contributed by atoms with Gasteiger partial charge in [-0.1, -0.05) is 0 Å². The van der Waals surface area contributed by atoms with E-state index in [4.69, 9.17) is 11.5 Å². The van der Waals surface area contributed by atoms with Gasteiger partial charge in [0, 0.05) is 32.4 Å². The van der Waals surface area contributed by atoms with Crippen molar-refractivity contribution < 1.29 is 13.2 Å². The number of nitrogens with two attached hydrogens (primary N) is 2. The van der Waals surface area contributed by atoms with Crippen LogP contribution >= 0.6 is 11.3 Å². The van der Waals surface area contributed by atoms with E-state index >= 15 is 0 Å². The molecule has 2 heterocycles. The normalized spacial score (nSPS) is 16.6. The Bertz CT molecular complexity index is 603. The van der Waals surface area contributed by atoms with E-state index < -0.39 is 15.7 Å². The van der Waals surface area contributed by atoms with Crippen LogP contribution in [0, 0.1) is 0 Å². The summed E-state index contributed by atoms with van der Waals surface area (Å²) in [6, 6.07) is 0. The molecule has 106 valence electrons. The Morgan fingerprint density at radius 3 is 2.42 bits per heavy atom. The van der Waals surface area contributed by atoms with Crippen molar-refractivity contribution in [3.63, 3.8) is 0 Å². The lowest BCUT2D eigenvalue weighted by atomic mass is 10.3. The summed E-state index contributed by atoms with van der Waals surface area (Å²) in [5.74, 6) is -0.700. The fraction of sp³-hybridized carbons (Fsp3) is 0.500. The molecule has 1 saturated heterocycles. The van der Waals surface area contributed by atoms with Crippen LogP contribution in [0.25, 0.3) is 0 Å². The Kier molecular flexibility index (Phi) is 3.70. The zero-order valence-electron chi connectivity index (χ0n) is 10.5. The van der Waals surface area contributed by atoms with Crippen LogP contribution < -0.4 is 21.7 Å². The van der Waals surface area contributed by atoms with E-state index in [1.54, 1.807) is 0 Å². The molecule has 5 N–H and O–H groups in total. The average molecular weight is 304 g/mol. The highest BCUT2D eigenvalue weighted by molar-refractivity contribution is 7.91. The van der Waals surface area contributed by atoms with E-state index in [-0.39, 0.29) is 15.5 Å². The van der Waals surface area contributed by atoms with Gasteiger partial charge in [-0.15, -0.1) is 11.3 Å².